The van der Waals surface area contributed by atoms with Crippen LogP contribution in [0.25, 0.3) is 0 Å². The maximum Gasteiger partial charge on any atom is 0.332 e. The first-order valence-electron chi connectivity index (χ1n) is 6.44. The zero-order chi connectivity index (χ0) is 13.4. The van der Waals surface area contributed by atoms with Crippen LogP contribution in [0.2, 0.25) is 0 Å². The number of carbonyl (C=O) groups excluding carboxylic acids is 1. The number of hydrogen-bond donors (Lipinski definition) is 1. The molecule has 0 aromatic heterocycles. The number of nitrogens with zero attached hydrogens (tertiary/aromatic N) is 1. The van der Waals surface area contributed by atoms with Gasteiger partial charge in [-0.05, 0) is 30.9 Å². The van der Waals surface area contributed by atoms with Crippen LogP contribution in [-0.2, 0) is 20.7 Å². The molecule has 1 saturated heterocycles. The second-order valence-corrected chi connectivity index (χ2v) is 4.90. The average Bonchev–Trinajstić information content (AvgIpc) is 3.05. The molecule has 2 heterocycles. The van der Waals surface area contributed by atoms with Gasteiger partial charge in [0.05, 0.1) is 0 Å². The summed E-state index contributed by atoms with van der Waals surface area (Å²) < 4.78 is 5.32. The lowest BCUT2D eigenvalue weighted by Gasteiger charge is -2.21. The van der Waals surface area contributed by atoms with Gasteiger partial charge in [0.25, 0.3) is 5.91 Å². The Morgan fingerprint density at radius 2 is 1.95 bits per heavy atom. The molecule has 5 nitrogen and oxygen atoms in total. The first-order valence-corrected chi connectivity index (χ1v) is 6.44. The highest BCUT2D eigenvalue weighted by molar-refractivity contribution is 5.98. The molecule has 2 atom stereocenters. The Kier molecular flexibility index (Phi) is 2.98. The van der Waals surface area contributed by atoms with Gasteiger partial charge in [-0.15, -0.1) is 0 Å². The number of ether oxygens (including phenoxy) is 1. The van der Waals surface area contributed by atoms with E-state index >= 15 is 0 Å². The Morgan fingerprint density at radius 3 is 2.68 bits per heavy atom. The smallest absolute Gasteiger partial charge is 0.332 e. The van der Waals surface area contributed by atoms with Gasteiger partial charge in [-0.2, -0.15) is 0 Å². The van der Waals surface area contributed by atoms with Gasteiger partial charge in [0, 0.05) is 12.2 Å². The molecule has 1 N–H and O–H groups in total. The van der Waals surface area contributed by atoms with Crippen molar-refractivity contribution in [2.45, 2.75) is 31.5 Å². The predicted molar refractivity (Wildman–Crippen MR) is 68.0 cm³/mol. The van der Waals surface area contributed by atoms with Gasteiger partial charge in [0.15, 0.2) is 6.10 Å². The maximum atomic E-state index is 12.4. The highest BCUT2D eigenvalue weighted by Crippen LogP contribution is 2.30. The number of carboxylic acids is 1. The van der Waals surface area contributed by atoms with Crippen molar-refractivity contribution in [3.05, 3.63) is 29.8 Å². The molecule has 0 bridgehead atoms. The Labute approximate surface area is 110 Å². The molecule has 5 heteroatoms. The zero-order valence-corrected chi connectivity index (χ0v) is 10.4. The Bertz CT molecular complexity index is 528. The summed E-state index contributed by atoms with van der Waals surface area (Å²) in [4.78, 5) is 24.9. The minimum atomic E-state index is -0.989. The SMILES string of the molecule is O=C(O)C1CCC(C(=O)N2CCc3ccccc32)O1. The van der Waals surface area contributed by atoms with Crippen molar-refractivity contribution in [2.75, 3.05) is 11.4 Å². The number of carbonyl (C=O) groups is 2. The molecule has 19 heavy (non-hydrogen) atoms. The average molecular weight is 261 g/mol. The van der Waals surface area contributed by atoms with Crippen LogP contribution in [-0.4, -0.2) is 35.7 Å². The van der Waals surface area contributed by atoms with Crippen molar-refractivity contribution in [1.29, 1.82) is 0 Å². The van der Waals surface area contributed by atoms with Gasteiger partial charge in [0.1, 0.15) is 6.10 Å². The quantitative estimate of drug-likeness (QED) is 0.869. The van der Waals surface area contributed by atoms with E-state index in [1.807, 2.05) is 24.3 Å². The van der Waals surface area contributed by atoms with Gasteiger partial charge in [-0.1, -0.05) is 18.2 Å². The number of fused-ring (bicyclic) bond motifs is 1. The van der Waals surface area contributed by atoms with Gasteiger partial charge in [0.2, 0.25) is 0 Å². The fraction of sp³-hybridized carbons (Fsp3) is 0.429. The van der Waals surface area contributed by atoms with E-state index in [2.05, 4.69) is 0 Å². The number of carboxylic acid groups (broad SMARTS) is 1. The molecule has 1 amide bonds. The van der Waals surface area contributed by atoms with Crippen LogP contribution < -0.4 is 4.90 Å². The predicted octanol–water partition coefficient (Wildman–Crippen LogP) is 1.21. The lowest BCUT2D eigenvalue weighted by atomic mass is 10.1. The first kappa shape index (κ1) is 12.2. The molecule has 0 spiro atoms. The summed E-state index contributed by atoms with van der Waals surface area (Å²) in [7, 11) is 0. The molecular formula is C14H15NO4. The third kappa shape index (κ3) is 2.10. The number of benzene rings is 1. The Balaban J connectivity index is 1.74. The number of rotatable bonds is 2. The van der Waals surface area contributed by atoms with E-state index in [9.17, 15) is 9.59 Å². The summed E-state index contributed by atoms with van der Waals surface area (Å²) in [5.74, 6) is -1.11. The topological polar surface area (TPSA) is 66.8 Å². The van der Waals surface area contributed by atoms with E-state index in [0.717, 1.165) is 17.7 Å². The van der Waals surface area contributed by atoms with Crippen LogP contribution in [0.1, 0.15) is 18.4 Å². The van der Waals surface area contributed by atoms with Gasteiger partial charge < -0.3 is 14.7 Å². The van der Waals surface area contributed by atoms with Crippen LogP contribution in [0.4, 0.5) is 5.69 Å². The van der Waals surface area contributed by atoms with Crippen LogP contribution in [0.5, 0.6) is 0 Å². The first-order chi connectivity index (χ1) is 9.16. The Morgan fingerprint density at radius 1 is 1.21 bits per heavy atom. The molecule has 0 saturated carbocycles. The molecule has 1 aromatic rings. The Hall–Kier alpha value is -1.88. The molecular weight excluding hydrogens is 246 g/mol. The van der Waals surface area contributed by atoms with Crippen LogP contribution >= 0.6 is 0 Å². The van der Waals surface area contributed by atoms with Crippen molar-refractivity contribution in [1.82, 2.24) is 0 Å². The van der Waals surface area contributed by atoms with E-state index < -0.39 is 18.2 Å². The summed E-state index contributed by atoms with van der Waals surface area (Å²) in [6.45, 7) is 0.649. The second kappa shape index (κ2) is 4.66. The number of amides is 1. The zero-order valence-electron chi connectivity index (χ0n) is 10.4. The molecule has 1 aromatic carbocycles. The van der Waals surface area contributed by atoms with Crippen molar-refractivity contribution in [2.24, 2.45) is 0 Å². The van der Waals surface area contributed by atoms with E-state index in [-0.39, 0.29) is 5.91 Å². The van der Waals surface area contributed by atoms with Crippen molar-refractivity contribution < 1.29 is 19.4 Å². The van der Waals surface area contributed by atoms with E-state index in [1.165, 1.54) is 0 Å². The molecule has 3 rings (SSSR count). The van der Waals surface area contributed by atoms with Crippen molar-refractivity contribution in [3.63, 3.8) is 0 Å². The van der Waals surface area contributed by atoms with Crippen molar-refractivity contribution in [3.8, 4) is 0 Å². The normalized spacial score (nSPS) is 25.4. The van der Waals surface area contributed by atoms with E-state index in [4.69, 9.17) is 9.84 Å². The lowest BCUT2D eigenvalue weighted by molar-refractivity contribution is -0.151. The van der Waals surface area contributed by atoms with Crippen LogP contribution in [0, 0.1) is 0 Å². The molecule has 100 valence electrons. The van der Waals surface area contributed by atoms with Crippen molar-refractivity contribution >= 4 is 17.6 Å². The van der Waals surface area contributed by atoms with Crippen LogP contribution in [0.15, 0.2) is 24.3 Å². The maximum absolute atomic E-state index is 12.4. The molecule has 0 aliphatic carbocycles. The number of anilines is 1. The molecule has 2 unspecified atom stereocenters. The van der Waals surface area contributed by atoms with E-state index in [0.29, 0.717) is 19.4 Å². The number of para-hydroxylation sites is 1. The summed E-state index contributed by atoms with van der Waals surface area (Å²) in [6.07, 6.45) is 0.270. The van der Waals surface area contributed by atoms with Crippen LogP contribution in [0.3, 0.4) is 0 Å². The largest absolute Gasteiger partial charge is 0.479 e. The third-order valence-corrected chi connectivity index (χ3v) is 3.72. The van der Waals surface area contributed by atoms with Gasteiger partial charge in [-0.25, -0.2) is 4.79 Å². The number of aliphatic carboxylic acids is 1. The van der Waals surface area contributed by atoms with Gasteiger partial charge >= 0.3 is 5.97 Å². The minimum Gasteiger partial charge on any atom is -0.479 e. The van der Waals surface area contributed by atoms with E-state index in [1.54, 1.807) is 4.90 Å². The molecule has 1 fully saturated rings. The third-order valence-electron chi connectivity index (χ3n) is 3.72. The second-order valence-electron chi connectivity index (χ2n) is 4.90. The highest BCUT2D eigenvalue weighted by Gasteiger charge is 2.38. The summed E-state index contributed by atoms with van der Waals surface area (Å²) in [5, 5.41) is 8.89. The molecule has 2 aliphatic rings. The number of hydrogen-bond acceptors (Lipinski definition) is 3. The van der Waals surface area contributed by atoms with Gasteiger partial charge in [-0.3, -0.25) is 4.79 Å². The fourth-order valence-corrected chi connectivity index (χ4v) is 2.74. The minimum absolute atomic E-state index is 0.117. The molecule has 2 aliphatic heterocycles. The summed E-state index contributed by atoms with van der Waals surface area (Å²) in [6, 6.07) is 7.79. The summed E-state index contributed by atoms with van der Waals surface area (Å²) in [5.41, 5.74) is 2.08. The fourth-order valence-electron chi connectivity index (χ4n) is 2.74. The molecule has 0 radical (unpaired) electrons. The highest BCUT2D eigenvalue weighted by atomic mass is 16.5. The summed E-state index contributed by atoms with van der Waals surface area (Å²) >= 11 is 0. The monoisotopic (exact) mass is 261 g/mol. The lowest BCUT2D eigenvalue weighted by Crippen LogP contribution is -2.38. The standard InChI is InChI=1S/C14H15NO4/c16-13(11-5-6-12(19-11)14(17)18)15-8-7-9-3-1-2-4-10(9)15/h1-4,11-12H,5-8H2,(H,17,18).